The Morgan fingerprint density at radius 2 is 1.75 bits per heavy atom. The molecule has 0 saturated heterocycles. The number of fused-ring (bicyclic) bond motifs is 1. The molecule has 0 amide bonds. The number of imidazole rings is 1. The number of aromatic nitrogens is 2. The van der Waals surface area contributed by atoms with Gasteiger partial charge in [0, 0.05) is 26.7 Å². The van der Waals surface area contributed by atoms with Gasteiger partial charge in [0.2, 0.25) is 0 Å². The predicted octanol–water partition coefficient (Wildman–Crippen LogP) is 2.43. The minimum Gasteiger partial charge on any atom is -0.492 e. The molecule has 2 aromatic carbocycles. The van der Waals surface area contributed by atoms with Gasteiger partial charge in [0.25, 0.3) is 0 Å². The molecule has 0 aliphatic rings. The molecule has 0 aliphatic heterocycles. The van der Waals surface area contributed by atoms with Crippen molar-refractivity contribution in [3.8, 4) is 5.75 Å². The van der Waals surface area contributed by atoms with Crippen molar-refractivity contribution in [2.45, 2.75) is 19.5 Å². The zero-order valence-corrected chi connectivity index (χ0v) is 14.3. The van der Waals surface area contributed by atoms with Crippen molar-refractivity contribution in [2.24, 2.45) is 14.1 Å². The van der Waals surface area contributed by atoms with Crippen LogP contribution in [-0.2, 0) is 20.6 Å². The molecule has 0 spiro atoms. The average molecular weight is 325 g/mol. The molecule has 3 rings (SSSR count). The van der Waals surface area contributed by atoms with Crippen molar-refractivity contribution >= 4 is 11.0 Å². The van der Waals surface area contributed by atoms with Crippen LogP contribution in [0.4, 0.5) is 0 Å². The van der Waals surface area contributed by atoms with Crippen LogP contribution in [0.2, 0.25) is 0 Å². The summed E-state index contributed by atoms with van der Waals surface area (Å²) in [6.07, 6.45) is 0. The summed E-state index contributed by atoms with van der Waals surface area (Å²) < 4.78 is 9.10. The SMILES string of the molecule is CC(COc1ccccc1)NCc1ccc2c(c1)n(C)c(=O)n2C. The lowest BCUT2D eigenvalue weighted by molar-refractivity contribution is 0.272. The van der Waals surface area contributed by atoms with Gasteiger partial charge in [-0.25, -0.2) is 4.79 Å². The fourth-order valence-electron chi connectivity index (χ4n) is 2.75. The third kappa shape index (κ3) is 3.36. The Morgan fingerprint density at radius 3 is 2.50 bits per heavy atom. The van der Waals surface area contributed by atoms with Crippen molar-refractivity contribution in [3.05, 3.63) is 64.6 Å². The zero-order valence-electron chi connectivity index (χ0n) is 14.3. The van der Waals surface area contributed by atoms with Crippen molar-refractivity contribution in [1.29, 1.82) is 0 Å². The van der Waals surface area contributed by atoms with Crippen LogP contribution in [-0.4, -0.2) is 21.8 Å². The van der Waals surface area contributed by atoms with E-state index in [9.17, 15) is 4.79 Å². The number of benzene rings is 2. The van der Waals surface area contributed by atoms with E-state index in [1.807, 2.05) is 36.4 Å². The number of hydrogen-bond donors (Lipinski definition) is 1. The second-order valence-corrected chi connectivity index (χ2v) is 6.13. The lowest BCUT2D eigenvalue weighted by Crippen LogP contribution is -2.31. The molecule has 1 aromatic heterocycles. The van der Waals surface area contributed by atoms with Crippen molar-refractivity contribution in [2.75, 3.05) is 6.61 Å². The molecule has 1 atom stereocenters. The highest BCUT2D eigenvalue weighted by atomic mass is 16.5. The number of rotatable bonds is 6. The predicted molar refractivity (Wildman–Crippen MR) is 96.4 cm³/mol. The summed E-state index contributed by atoms with van der Waals surface area (Å²) in [5.41, 5.74) is 3.05. The second-order valence-electron chi connectivity index (χ2n) is 6.13. The molecule has 3 aromatic rings. The summed E-state index contributed by atoms with van der Waals surface area (Å²) >= 11 is 0. The van der Waals surface area contributed by atoms with Crippen LogP contribution >= 0.6 is 0 Å². The average Bonchev–Trinajstić information content (AvgIpc) is 2.83. The van der Waals surface area contributed by atoms with Crippen LogP contribution < -0.4 is 15.7 Å². The van der Waals surface area contributed by atoms with Gasteiger partial charge in [0.05, 0.1) is 11.0 Å². The van der Waals surface area contributed by atoms with E-state index in [1.54, 1.807) is 23.2 Å². The van der Waals surface area contributed by atoms with Gasteiger partial charge in [-0.15, -0.1) is 0 Å². The largest absolute Gasteiger partial charge is 0.492 e. The van der Waals surface area contributed by atoms with Gasteiger partial charge in [0.1, 0.15) is 12.4 Å². The van der Waals surface area contributed by atoms with E-state index in [1.165, 1.54) is 0 Å². The van der Waals surface area contributed by atoms with E-state index in [2.05, 4.69) is 24.4 Å². The third-order valence-corrected chi connectivity index (χ3v) is 4.23. The number of nitrogens with zero attached hydrogens (tertiary/aromatic N) is 2. The first kappa shape index (κ1) is 16.3. The van der Waals surface area contributed by atoms with Gasteiger partial charge in [0.15, 0.2) is 0 Å². The molecular weight excluding hydrogens is 302 g/mol. The summed E-state index contributed by atoms with van der Waals surface area (Å²) in [4.78, 5) is 12.0. The highest BCUT2D eigenvalue weighted by Crippen LogP contribution is 2.14. The topological polar surface area (TPSA) is 48.2 Å². The van der Waals surface area contributed by atoms with E-state index in [0.29, 0.717) is 6.61 Å². The summed E-state index contributed by atoms with van der Waals surface area (Å²) in [6.45, 7) is 3.44. The lowest BCUT2D eigenvalue weighted by Gasteiger charge is -2.15. The monoisotopic (exact) mass is 325 g/mol. The van der Waals surface area contributed by atoms with Crippen molar-refractivity contribution < 1.29 is 4.74 Å². The lowest BCUT2D eigenvalue weighted by atomic mass is 10.2. The molecule has 24 heavy (non-hydrogen) atoms. The van der Waals surface area contributed by atoms with Gasteiger partial charge >= 0.3 is 5.69 Å². The first-order chi connectivity index (χ1) is 11.6. The van der Waals surface area contributed by atoms with E-state index < -0.39 is 0 Å². The number of nitrogens with one attached hydrogen (secondary N) is 1. The molecule has 0 radical (unpaired) electrons. The molecule has 5 heteroatoms. The van der Waals surface area contributed by atoms with E-state index >= 15 is 0 Å². The van der Waals surface area contributed by atoms with Crippen LogP contribution in [0, 0.1) is 0 Å². The zero-order chi connectivity index (χ0) is 17.1. The molecule has 1 unspecified atom stereocenters. The van der Waals surface area contributed by atoms with Gasteiger partial charge in [-0.3, -0.25) is 9.13 Å². The summed E-state index contributed by atoms with van der Waals surface area (Å²) in [5, 5.41) is 3.46. The normalized spacial score (nSPS) is 12.5. The molecule has 1 heterocycles. The highest BCUT2D eigenvalue weighted by Gasteiger charge is 2.09. The van der Waals surface area contributed by atoms with E-state index in [0.717, 1.165) is 28.9 Å². The standard InChI is InChI=1S/C19H23N3O2/c1-14(13-24-16-7-5-4-6-8-16)20-12-15-9-10-17-18(11-15)22(3)19(23)21(17)2/h4-11,14,20H,12-13H2,1-3H3. The summed E-state index contributed by atoms with van der Waals surface area (Å²) in [6, 6.07) is 16.2. The number of para-hydroxylation sites is 1. The molecular formula is C19H23N3O2. The fraction of sp³-hybridized carbons (Fsp3) is 0.316. The van der Waals surface area contributed by atoms with Crippen molar-refractivity contribution in [3.63, 3.8) is 0 Å². The molecule has 0 bridgehead atoms. The summed E-state index contributed by atoms with van der Waals surface area (Å²) in [5.74, 6) is 0.881. The molecule has 126 valence electrons. The summed E-state index contributed by atoms with van der Waals surface area (Å²) in [7, 11) is 3.60. The Bertz CT molecular complexity index is 881. The number of ether oxygens (including phenoxy) is 1. The van der Waals surface area contributed by atoms with Crippen LogP contribution in [0.1, 0.15) is 12.5 Å². The first-order valence-electron chi connectivity index (χ1n) is 8.12. The molecule has 0 fully saturated rings. The fourth-order valence-corrected chi connectivity index (χ4v) is 2.75. The maximum Gasteiger partial charge on any atom is 0.328 e. The molecule has 0 saturated carbocycles. The van der Waals surface area contributed by atoms with Gasteiger partial charge < -0.3 is 10.1 Å². The van der Waals surface area contributed by atoms with Gasteiger partial charge in [-0.1, -0.05) is 24.3 Å². The Kier molecular flexibility index (Phi) is 4.71. The van der Waals surface area contributed by atoms with Crippen LogP contribution in [0.15, 0.2) is 53.3 Å². The first-order valence-corrected chi connectivity index (χ1v) is 8.12. The van der Waals surface area contributed by atoms with E-state index in [4.69, 9.17) is 4.74 Å². The van der Waals surface area contributed by atoms with Crippen molar-refractivity contribution in [1.82, 2.24) is 14.5 Å². The smallest absolute Gasteiger partial charge is 0.328 e. The minimum absolute atomic E-state index is 0.000242. The third-order valence-electron chi connectivity index (χ3n) is 4.23. The Morgan fingerprint density at radius 1 is 1.04 bits per heavy atom. The minimum atomic E-state index is -0.000242. The Hall–Kier alpha value is -2.53. The quantitative estimate of drug-likeness (QED) is 0.757. The Labute approximate surface area is 141 Å². The highest BCUT2D eigenvalue weighted by molar-refractivity contribution is 5.76. The number of aryl methyl sites for hydroxylation is 2. The molecule has 1 N–H and O–H groups in total. The Balaban J connectivity index is 1.61. The van der Waals surface area contributed by atoms with Crippen LogP contribution in [0.25, 0.3) is 11.0 Å². The maximum atomic E-state index is 12.0. The maximum absolute atomic E-state index is 12.0. The molecule has 0 aliphatic carbocycles. The number of hydrogen-bond acceptors (Lipinski definition) is 3. The second kappa shape index (κ2) is 6.93. The van der Waals surface area contributed by atoms with Gasteiger partial charge in [-0.05, 0) is 36.8 Å². The van der Waals surface area contributed by atoms with E-state index in [-0.39, 0.29) is 11.7 Å². The van der Waals surface area contributed by atoms with Crippen LogP contribution in [0.3, 0.4) is 0 Å². The van der Waals surface area contributed by atoms with Crippen LogP contribution in [0.5, 0.6) is 5.75 Å². The van der Waals surface area contributed by atoms with Gasteiger partial charge in [-0.2, -0.15) is 0 Å². The molecule has 5 nitrogen and oxygen atoms in total.